The van der Waals surface area contributed by atoms with Gasteiger partial charge >= 0.3 is 0 Å². The summed E-state index contributed by atoms with van der Waals surface area (Å²) in [5.41, 5.74) is 6.38. The monoisotopic (exact) mass is 287 g/mol. The van der Waals surface area contributed by atoms with Crippen LogP contribution in [0.1, 0.15) is 5.56 Å². The van der Waals surface area contributed by atoms with Crippen molar-refractivity contribution in [1.82, 2.24) is 4.98 Å². The number of nitrogens with zero attached hydrogens (tertiary/aromatic N) is 1. The van der Waals surface area contributed by atoms with Crippen LogP contribution in [0.4, 0.5) is 5.82 Å². The van der Waals surface area contributed by atoms with E-state index in [2.05, 4.69) is 10.3 Å². The number of benzene rings is 1. The Labute approximate surface area is 122 Å². The maximum absolute atomic E-state index is 11.8. The van der Waals surface area contributed by atoms with Crippen molar-refractivity contribution in [3.05, 3.63) is 48.2 Å². The zero-order chi connectivity index (χ0) is 15.1. The third kappa shape index (κ3) is 4.19. The summed E-state index contributed by atoms with van der Waals surface area (Å²) >= 11 is 0. The second-order valence-corrected chi connectivity index (χ2v) is 4.24. The Balaban J connectivity index is 1.89. The summed E-state index contributed by atoms with van der Waals surface area (Å²) in [6, 6.07) is 10.6. The van der Waals surface area contributed by atoms with Crippen molar-refractivity contribution in [3.8, 4) is 11.5 Å². The Kier molecular flexibility index (Phi) is 5.11. The average molecular weight is 287 g/mol. The molecule has 3 N–H and O–H groups in total. The first kappa shape index (κ1) is 14.8. The van der Waals surface area contributed by atoms with Gasteiger partial charge in [-0.2, -0.15) is 0 Å². The highest BCUT2D eigenvalue weighted by atomic mass is 16.5. The first-order valence-corrected chi connectivity index (χ1v) is 6.43. The number of nitrogens with two attached hydrogens (primary N) is 1. The van der Waals surface area contributed by atoms with Crippen LogP contribution in [0.3, 0.4) is 0 Å². The van der Waals surface area contributed by atoms with Crippen LogP contribution in [0.15, 0.2) is 42.6 Å². The Hall–Kier alpha value is -2.60. The average Bonchev–Trinajstić information content (AvgIpc) is 2.54. The van der Waals surface area contributed by atoms with Crippen molar-refractivity contribution in [2.45, 2.75) is 6.54 Å². The van der Waals surface area contributed by atoms with E-state index >= 15 is 0 Å². The zero-order valence-corrected chi connectivity index (χ0v) is 11.7. The number of aromatic nitrogens is 1. The summed E-state index contributed by atoms with van der Waals surface area (Å²) in [6.07, 6.45) is 1.62. The smallest absolute Gasteiger partial charge is 0.263 e. The molecule has 21 heavy (non-hydrogen) atoms. The van der Waals surface area contributed by atoms with Crippen LogP contribution in [0.25, 0.3) is 0 Å². The molecule has 0 unspecified atom stereocenters. The molecule has 110 valence electrons. The van der Waals surface area contributed by atoms with E-state index in [4.69, 9.17) is 15.2 Å². The second-order valence-electron chi connectivity index (χ2n) is 4.24. The summed E-state index contributed by atoms with van der Waals surface area (Å²) < 4.78 is 10.6. The van der Waals surface area contributed by atoms with Gasteiger partial charge in [0.15, 0.2) is 18.1 Å². The van der Waals surface area contributed by atoms with Crippen molar-refractivity contribution in [2.24, 2.45) is 5.73 Å². The fourth-order valence-electron chi connectivity index (χ4n) is 1.68. The molecule has 0 atom stereocenters. The van der Waals surface area contributed by atoms with Crippen LogP contribution in [0.2, 0.25) is 0 Å². The molecule has 0 aliphatic heterocycles. The lowest BCUT2D eigenvalue weighted by Crippen LogP contribution is -2.21. The van der Waals surface area contributed by atoms with Crippen LogP contribution in [-0.4, -0.2) is 24.6 Å². The Morgan fingerprint density at radius 3 is 2.62 bits per heavy atom. The van der Waals surface area contributed by atoms with E-state index in [1.54, 1.807) is 31.5 Å². The van der Waals surface area contributed by atoms with E-state index in [-0.39, 0.29) is 12.5 Å². The number of amides is 1. The maximum atomic E-state index is 11.8. The van der Waals surface area contributed by atoms with Gasteiger partial charge in [0.1, 0.15) is 5.82 Å². The lowest BCUT2D eigenvalue weighted by atomic mass is 10.3. The minimum Gasteiger partial charge on any atom is -0.493 e. The number of anilines is 1. The number of para-hydroxylation sites is 2. The SMILES string of the molecule is COc1ccccc1OCC(=O)Nc1ccc(CN)cn1. The largest absolute Gasteiger partial charge is 0.493 e. The number of methoxy groups -OCH3 is 1. The van der Waals surface area contributed by atoms with Crippen molar-refractivity contribution in [3.63, 3.8) is 0 Å². The molecule has 2 aromatic rings. The number of rotatable bonds is 6. The van der Waals surface area contributed by atoms with Gasteiger partial charge in [0.2, 0.25) is 0 Å². The van der Waals surface area contributed by atoms with Crippen molar-refractivity contribution in [1.29, 1.82) is 0 Å². The molecule has 0 saturated carbocycles. The molecule has 0 saturated heterocycles. The fourth-order valence-corrected chi connectivity index (χ4v) is 1.68. The summed E-state index contributed by atoms with van der Waals surface area (Å²) in [7, 11) is 1.55. The normalized spacial score (nSPS) is 10.0. The van der Waals surface area contributed by atoms with E-state index in [9.17, 15) is 4.79 Å². The van der Waals surface area contributed by atoms with Gasteiger partial charge in [-0.1, -0.05) is 18.2 Å². The highest BCUT2D eigenvalue weighted by Crippen LogP contribution is 2.25. The summed E-state index contributed by atoms with van der Waals surface area (Å²) in [6.45, 7) is 0.291. The lowest BCUT2D eigenvalue weighted by molar-refractivity contribution is -0.118. The van der Waals surface area contributed by atoms with E-state index in [0.717, 1.165) is 5.56 Å². The fraction of sp³-hybridized carbons (Fsp3) is 0.200. The maximum Gasteiger partial charge on any atom is 0.263 e. The number of carbonyl (C=O) groups excluding carboxylic acids is 1. The third-order valence-electron chi connectivity index (χ3n) is 2.76. The van der Waals surface area contributed by atoms with Crippen molar-refractivity contribution >= 4 is 11.7 Å². The standard InChI is InChI=1S/C15H17N3O3/c1-20-12-4-2-3-5-13(12)21-10-15(19)18-14-7-6-11(8-16)9-17-14/h2-7,9H,8,10,16H2,1H3,(H,17,18,19). The molecule has 0 aliphatic rings. The van der Waals surface area contributed by atoms with Crippen LogP contribution in [-0.2, 0) is 11.3 Å². The molecule has 1 aromatic heterocycles. The van der Waals surface area contributed by atoms with Crippen LogP contribution >= 0.6 is 0 Å². The third-order valence-corrected chi connectivity index (χ3v) is 2.76. The predicted molar refractivity (Wildman–Crippen MR) is 79.2 cm³/mol. The first-order valence-electron chi connectivity index (χ1n) is 6.43. The lowest BCUT2D eigenvalue weighted by Gasteiger charge is -2.10. The summed E-state index contributed by atoms with van der Waals surface area (Å²) in [5, 5.41) is 2.64. The van der Waals surface area contributed by atoms with Gasteiger partial charge in [0.05, 0.1) is 7.11 Å². The molecule has 6 heteroatoms. The van der Waals surface area contributed by atoms with Crippen LogP contribution < -0.4 is 20.5 Å². The Morgan fingerprint density at radius 2 is 2.00 bits per heavy atom. The van der Waals surface area contributed by atoms with E-state index in [1.807, 2.05) is 18.2 Å². The highest BCUT2D eigenvalue weighted by molar-refractivity contribution is 5.90. The zero-order valence-electron chi connectivity index (χ0n) is 11.7. The van der Waals surface area contributed by atoms with Gasteiger partial charge in [-0.05, 0) is 23.8 Å². The van der Waals surface area contributed by atoms with Gasteiger partial charge in [-0.25, -0.2) is 4.98 Å². The molecule has 0 aliphatic carbocycles. The van der Waals surface area contributed by atoms with Crippen LogP contribution in [0, 0.1) is 0 Å². The van der Waals surface area contributed by atoms with Gasteiger partial charge in [-0.3, -0.25) is 4.79 Å². The molecule has 6 nitrogen and oxygen atoms in total. The molecular formula is C15H17N3O3. The van der Waals surface area contributed by atoms with Crippen molar-refractivity contribution < 1.29 is 14.3 Å². The van der Waals surface area contributed by atoms with Gasteiger partial charge < -0.3 is 20.5 Å². The molecule has 0 bridgehead atoms. The first-order chi connectivity index (χ1) is 10.2. The molecule has 2 rings (SSSR count). The predicted octanol–water partition coefficient (Wildman–Crippen LogP) is 1.57. The topological polar surface area (TPSA) is 86.5 Å². The van der Waals surface area contributed by atoms with Gasteiger partial charge in [0.25, 0.3) is 5.91 Å². The van der Waals surface area contributed by atoms with E-state index < -0.39 is 0 Å². The Morgan fingerprint density at radius 1 is 1.24 bits per heavy atom. The number of ether oxygens (including phenoxy) is 2. The minimum atomic E-state index is -0.297. The number of carbonyl (C=O) groups is 1. The number of hydrogen-bond acceptors (Lipinski definition) is 5. The van der Waals surface area contributed by atoms with E-state index in [0.29, 0.717) is 23.9 Å². The second kappa shape index (κ2) is 7.25. The van der Waals surface area contributed by atoms with Crippen molar-refractivity contribution in [2.75, 3.05) is 19.0 Å². The van der Waals surface area contributed by atoms with Crippen LogP contribution in [0.5, 0.6) is 11.5 Å². The number of pyridine rings is 1. The Bertz CT molecular complexity index is 599. The van der Waals surface area contributed by atoms with E-state index in [1.165, 1.54) is 0 Å². The minimum absolute atomic E-state index is 0.124. The molecule has 1 amide bonds. The molecule has 1 heterocycles. The quantitative estimate of drug-likeness (QED) is 0.842. The molecule has 1 aromatic carbocycles. The molecule has 0 spiro atoms. The van der Waals surface area contributed by atoms with Gasteiger partial charge in [0, 0.05) is 12.7 Å². The molecule has 0 radical (unpaired) electrons. The summed E-state index contributed by atoms with van der Waals surface area (Å²) in [4.78, 5) is 15.9. The molecule has 0 fully saturated rings. The molecular weight excluding hydrogens is 270 g/mol. The van der Waals surface area contributed by atoms with Gasteiger partial charge in [-0.15, -0.1) is 0 Å². The number of nitrogens with one attached hydrogen (secondary N) is 1. The highest BCUT2D eigenvalue weighted by Gasteiger charge is 2.07. The number of hydrogen-bond donors (Lipinski definition) is 2. The summed E-state index contributed by atoms with van der Waals surface area (Å²) in [5.74, 6) is 1.26.